The highest BCUT2D eigenvalue weighted by Crippen LogP contribution is 2.35. The maximum atomic E-state index is 12.8. The van der Waals surface area contributed by atoms with Crippen molar-refractivity contribution in [3.63, 3.8) is 0 Å². The summed E-state index contributed by atoms with van der Waals surface area (Å²) in [5.41, 5.74) is 11.2. The third-order valence-corrected chi connectivity index (χ3v) is 6.72. The Kier molecular flexibility index (Phi) is 5.25. The van der Waals surface area contributed by atoms with Gasteiger partial charge >= 0.3 is 5.69 Å². The Morgan fingerprint density at radius 1 is 1.17 bits per heavy atom. The fraction of sp³-hybridized carbons (Fsp3) is 0.364. The van der Waals surface area contributed by atoms with Crippen molar-refractivity contribution in [1.82, 2.24) is 9.55 Å². The molecule has 6 nitrogen and oxygen atoms in total. The van der Waals surface area contributed by atoms with Gasteiger partial charge in [0.15, 0.2) is 0 Å². The van der Waals surface area contributed by atoms with Crippen molar-refractivity contribution in [3.05, 3.63) is 56.4 Å². The molecule has 1 saturated carbocycles. The summed E-state index contributed by atoms with van der Waals surface area (Å²) >= 11 is 3.50. The number of anilines is 2. The Bertz CT molecular complexity index is 1140. The molecular weight excluding hydrogens is 432 g/mol. The third kappa shape index (κ3) is 3.71. The van der Waals surface area contributed by atoms with Crippen LogP contribution in [-0.2, 0) is 4.79 Å². The van der Waals surface area contributed by atoms with Gasteiger partial charge in [-0.05, 0) is 90.9 Å². The average Bonchev–Trinajstić information content (AvgIpc) is 3.03. The molecule has 0 radical (unpaired) electrons. The molecule has 0 atom stereocenters. The van der Waals surface area contributed by atoms with E-state index in [1.165, 1.54) is 0 Å². The van der Waals surface area contributed by atoms with E-state index in [1.807, 2.05) is 48.7 Å². The molecule has 152 valence electrons. The molecule has 1 aliphatic rings. The van der Waals surface area contributed by atoms with Crippen molar-refractivity contribution in [2.24, 2.45) is 5.92 Å². The van der Waals surface area contributed by atoms with Crippen molar-refractivity contribution in [1.29, 1.82) is 0 Å². The van der Waals surface area contributed by atoms with Gasteiger partial charge in [0, 0.05) is 16.4 Å². The van der Waals surface area contributed by atoms with Crippen molar-refractivity contribution < 1.29 is 4.79 Å². The fourth-order valence-electron chi connectivity index (χ4n) is 4.25. The number of carbonyl (C=O) groups is 1. The summed E-state index contributed by atoms with van der Waals surface area (Å²) in [5.74, 6) is -0.0627. The zero-order valence-corrected chi connectivity index (χ0v) is 18.2. The third-order valence-electron chi connectivity index (χ3n) is 6.06. The molecule has 29 heavy (non-hydrogen) atoms. The molecule has 1 aromatic heterocycles. The van der Waals surface area contributed by atoms with Crippen LogP contribution in [0.25, 0.3) is 11.0 Å². The summed E-state index contributed by atoms with van der Waals surface area (Å²) in [6.07, 6.45) is 3.07. The number of nitrogens with one attached hydrogen (secondary N) is 2. The molecule has 1 aliphatic carbocycles. The van der Waals surface area contributed by atoms with E-state index in [0.717, 1.165) is 52.3 Å². The Balaban J connectivity index is 1.47. The lowest BCUT2D eigenvalue weighted by Crippen LogP contribution is -2.31. The minimum Gasteiger partial charge on any atom is -0.397 e. The number of nitrogens with zero attached hydrogens (tertiary/aromatic N) is 1. The van der Waals surface area contributed by atoms with E-state index < -0.39 is 0 Å². The smallest absolute Gasteiger partial charge is 0.326 e. The Morgan fingerprint density at radius 3 is 2.59 bits per heavy atom. The molecule has 3 aromatic rings. The normalized spacial score (nSPS) is 19.4. The van der Waals surface area contributed by atoms with Gasteiger partial charge in [-0.2, -0.15) is 0 Å². The number of nitrogen functional groups attached to an aromatic ring is 1. The summed E-state index contributed by atoms with van der Waals surface area (Å²) in [5, 5.41) is 3.00. The fourth-order valence-corrected chi connectivity index (χ4v) is 4.71. The van der Waals surface area contributed by atoms with Gasteiger partial charge < -0.3 is 16.0 Å². The Labute approximate surface area is 177 Å². The van der Waals surface area contributed by atoms with Crippen LogP contribution in [0.3, 0.4) is 0 Å². The van der Waals surface area contributed by atoms with E-state index >= 15 is 0 Å². The lowest BCUT2D eigenvalue weighted by atomic mass is 9.85. The average molecular weight is 457 g/mol. The van der Waals surface area contributed by atoms with Gasteiger partial charge in [-0.1, -0.05) is 6.07 Å². The summed E-state index contributed by atoms with van der Waals surface area (Å²) in [6.45, 7) is 4.01. The largest absolute Gasteiger partial charge is 0.397 e. The van der Waals surface area contributed by atoms with E-state index in [1.54, 1.807) is 0 Å². The van der Waals surface area contributed by atoms with E-state index in [0.29, 0.717) is 11.4 Å². The summed E-state index contributed by atoms with van der Waals surface area (Å²) < 4.78 is 2.72. The number of benzene rings is 2. The van der Waals surface area contributed by atoms with Crippen LogP contribution >= 0.6 is 15.9 Å². The lowest BCUT2D eigenvalue weighted by molar-refractivity contribution is -0.120. The van der Waals surface area contributed by atoms with Gasteiger partial charge in [0.25, 0.3) is 0 Å². The molecular formula is C22H25BrN4O2. The molecule has 2 aromatic carbocycles. The first-order valence-electron chi connectivity index (χ1n) is 9.91. The molecule has 1 heterocycles. The van der Waals surface area contributed by atoms with Crippen LogP contribution < -0.4 is 16.7 Å². The number of imidazole rings is 1. The predicted molar refractivity (Wildman–Crippen MR) is 120 cm³/mol. The monoisotopic (exact) mass is 456 g/mol. The zero-order chi connectivity index (χ0) is 20.7. The maximum absolute atomic E-state index is 12.8. The number of fused-ring (bicyclic) bond motifs is 1. The van der Waals surface area contributed by atoms with Crippen molar-refractivity contribution in [3.8, 4) is 0 Å². The highest BCUT2D eigenvalue weighted by atomic mass is 79.9. The van der Waals surface area contributed by atoms with Crippen LogP contribution in [-0.4, -0.2) is 15.5 Å². The van der Waals surface area contributed by atoms with Crippen LogP contribution in [0, 0.1) is 19.8 Å². The second kappa shape index (κ2) is 7.71. The van der Waals surface area contributed by atoms with Crippen LogP contribution in [0.4, 0.5) is 11.4 Å². The number of H-pyrrole nitrogens is 1. The molecule has 0 bridgehead atoms. The van der Waals surface area contributed by atoms with Crippen LogP contribution in [0.2, 0.25) is 0 Å². The number of aromatic nitrogens is 2. The Morgan fingerprint density at radius 2 is 1.86 bits per heavy atom. The molecule has 1 fully saturated rings. The van der Waals surface area contributed by atoms with Crippen molar-refractivity contribution >= 4 is 44.2 Å². The van der Waals surface area contributed by atoms with E-state index in [-0.39, 0.29) is 23.6 Å². The highest BCUT2D eigenvalue weighted by molar-refractivity contribution is 9.10. The SMILES string of the molecule is Cc1cc(N)c(NC(=O)C2CCC(n3c(=O)[nH]c4c(Br)cccc43)CC2)cc1C. The minimum absolute atomic E-state index is 0.00687. The van der Waals surface area contributed by atoms with E-state index in [9.17, 15) is 9.59 Å². The molecule has 0 saturated heterocycles. The number of para-hydroxylation sites is 1. The number of aromatic amines is 1. The Hall–Kier alpha value is -2.54. The number of nitrogens with two attached hydrogens (primary N) is 1. The minimum atomic E-state index is -0.0947. The maximum Gasteiger partial charge on any atom is 0.326 e. The number of amides is 1. The quantitative estimate of drug-likeness (QED) is 0.500. The molecule has 0 spiro atoms. The van der Waals surface area contributed by atoms with Gasteiger partial charge in [0.1, 0.15) is 0 Å². The second-order valence-electron chi connectivity index (χ2n) is 7.95. The molecule has 0 aliphatic heterocycles. The topological polar surface area (TPSA) is 92.9 Å². The van der Waals surface area contributed by atoms with E-state index in [4.69, 9.17) is 5.73 Å². The van der Waals surface area contributed by atoms with Gasteiger partial charge in [-0.3, -0.25) is 9.36 Å². The molecule has 7 heteroatoms. The number of halogens is 1. The molecule has 0 unspecified atom stereocenters. The van der Waals surface area contributed by atoms with Gasteiger partial charge in [0.05, 0.1) is 22.4 Å². The van der Waals surface area contributed by atoms with Crippen LogP contribution in [0.1, 0.15) is 42.9 Å². The lowest BCUT2D eigenvalue weighted by Gasteiger charge is -2.28. The number of hydrogen-bond donors (Lipinski definition) is 3. The van der Waals surface area contributed by atoms with Crippen molar-refractivity contribution in [2.45, 2.75) is 45.6 Å². The number of aryl methyl sites for hydroxylation is 2. The zero-order valence-electron chi connectivity index (χ0n) is 16.6. The second-order valence-corrected chi connectivity index (χ2v) is 8.81. The molecule has 1 amide bonds. The van der Waals surface area contributed by atoms with E-state index in [2.05, 4.69) is 26.2 Å². The van der Waals surface area contributed by atoms with Crippen molar-refractivity contribution in [2.75, 3.05) is 11.1 Å². The highest BCUT2D eigenvalue weighted by Gasteiger charge is 2.29. The number of hydrogen-bond acceptors (Lipinski definition) is 3. The number of carbonyl (C=O) groups excluding carboxylic acids is 1. The van der Waals surface area contributed by atoms with Gasteiger partial charge in [0.2, 0.25) is 5.91 Å². The van der Waals surface area contributed by atoms with Gasteiger partial charge in [-0.15, -0.1) is 0 Å². The summed E-state index contributed by atoms with van der Waals surface area (Å²) in [7, 11) is 0. The number of rotatable bonds is 3. The standard InChI is InChI=1S/C22H25BrN4O2/c1-12-10-17(24)18(11-13(12)2)25-21(28)14-6-8-15(9-7-14)27-19-5-3-4-16(23)20(19)26-22(27)29/h3-5,10-11,14-15H,6-9,24H2,1-2H3,(H,25,28)(H,26,29). The summed E-state index contributed by atoms with van der Waals surface area (Å²) in [4.78, 5) is 28.3. The van der Waals surface area contributed by atoms with Crippen LogP contribution in [0.5, 0.6) is 0 Å². The first-order valence-corrected chi connectivity index (χ1v) is 10.7. The summed E-state index contributed by atoms with van der Waals surface area (Å²) in [6, 6.07) is 9.73. The van der Waals surface area contributed by atoms with Crippen LogP contribution in [0.15, 0.2) is 39.6 Å². The predicted octanol–water partition coefficient (Wildman–Crippen LogP) is 4.66. The molecule has 4 rings (SSSR count). The first-order chi connectivity index (χ1) is 13.8. The first kappa shape index (κ1) is 19.8. The molecule has 4 N–H and O–H groups in total. The van der Waals surface area contributed by atoms with Gasteiger partial charge in [-0.25, -0.2) is 4.79 Å².